The van der Waals surface area contributed by atoms with Gasteiger partial charge in [-0.2, -0.15) is 0 Å². The van der Waals surface area contributed by atoms with E-state index >= 15 is 0 Å². The molecule has 1 unspecified atom stereocenters. The number of hydrogen-bond acceptors (Lipinski definition) is 0. The van der Waals surface area contributed by atoms with Crippen molar-refractivity contribution in [2.45, 2.75) is 33.1 Å². The van der Waals surface area contributed by atoms with Crippen LogP contribution in [-0.2, 0) is 0 Å². The van der Waals surface area contributed by atoms with Gasteiger partial charge in [-0.1, -0.05) is 0 Å². The molecule has 1 fully saturated rings. The maximum absolute atomic E-state index is 2.35. The predicted octanol–water partition coefficient (Wildman–Crippen LogP) is 3.74. The van der Waals surface area contributed by atoms with Crippen molar-refractivity contribution in [3.8, 4) is 0 Å². The van der Waals surface area contributed by atoms with E-state index < -0.39 is 0 Å². The minimum Gasteiger partial charge on any atom is -0.0469 e. The van der Waals surface area contributed by atoms with Crippen LogP contribution < -0.4 is 0 Å². The Kier molecular flexibility index (Phi) is 2.30. The van der Waals surface area contributed by atoms with Gasteiger partial charge in [0.05, 0.1) is 0 Å². The van der Waals surface area contributed by atoms with Crippen molar-refractivity contribution in [1.82, 2.24) is 0 Å². The summed E-state index contributed by atoms with van der Waals surface area (Å²) < 4.78 is 0. The average Bonchev–Trinajstić information content (AvgIpc) is 2.53. The first-order chi connectivity index (χ1) is 6.27. The van der Waals surface area contributed by atoms with Gasteiger partial charge < -0.3 is 0 Å². The summed E-state index contributed by atoms with van der Waals surface area (Å²) in [5, 5.41) is 0. The zero-order chi connectivity index (χ0) is 9.26. The highest BCUT2D eigenvalue weighted by atomic mass is 14.3. The monoisotopic (exact) mass is 173 g/mol. The van der Waals surface area contributed by atoms with Crippen molar-refractivity contribution in [3.63, 3.8) is 0 Å². The van der Waals surface area contributed by atoms with E-state index in [1.165, 1.54) is 30.4 Å². The molecule has 0 radical (unpaired) electrons. The van der Waals surface area contributed by atoms with Crippen molar-refractivity contribution in [1.29, 1.82) is 0 Å². The SMILES string of the molecule is Cc1ccc([C+]2CCCC2C)cc1. The van der Waals surface area contributed by atoms with Crippen LogP contribution in [0.4, 0.5) is 0 Å². The minimum atomic E-state index is 0.808. The van der Waals surface area contributed by atoms with Crippen LogP contribution in [0.2, 0.25) is 0 Å². The molecule has 68 valence electrons. The molecule has 1 aromatic carbocycles. The van der Waals surface area contributed by atoms with Crippen LogP contribution in [0.3, 0.4) is 0 Å². The Bertz CT molecular complexity index is 271. The van der Waals surface area contributed by atoms with Crippen LogP contribution in [0.15, 0.2) is 24.3 Å². The van der Waals surface area contributed by atoms with Gasteiger partial charge in [0.2, 0.25) is 0 Å². The lowest BCUT2D eigenvalue weighted by atomic mass is 9.90. The van der Waals surface area contributed by atoms with E-state index in [2.05, 4.69) is 38.1 Å². The van der Waals surface area contributed by atoms with E-state index in [1.807, 2.05) is 0 Å². The molecule has 0 amide bonds. The first-order valence-electron chi connectivity index (χ1n) is 5.20. The van der Waals surface area contributed by atoms with Crippen LogP contribution in [-0.4, -0.2) is 0 Å². The van der Waals surface area contributed by atoms with Gasteiger partial charge in [-0.3, -0.25) is 0 Å². The molecule has 2 rings (SSSR count). The van der Waals surface area contributed by atoms with Gasteiger partial charge in [0.25, 0.3) is 0 Å². The van der Waals surface area contributed by atoms with Gasteiger partial charge >= 0.3 is 0 Å². The van der Waals surface area contributed by atoms with E-state index in [4.69, 9.17) is 0 Å². The summed E-state index contributed by atoms with van der Waals surface area (Å²) >= 11 is 0. The van der Waals surface area contributed by atoms with Gasteiger partial charge in [0.15, 0.2) is 0 Å². The van der Waals surface area contributed by atoms with Crippen LogP contribution in [0.5, 0.6) is 0 Å². The second-order valence-corrected chi connectivity index (χ2v) is 4.18. The van der Waals surface area contributed by atoms with E-state index in [1.54, 1.807) is 5.92 Å². The van der Waals surface area contributed by atoms with Crippen LogP contribution in [0, 0.1) is 18.8 Å². The van der Waals surface area contributed by atoms with Crippen molar-refractivity contribution < 1.29 is 0 Å². The van der Waals surface area contributed by atoms with Gasteiger partial charge in [-0.15, -0.1) is 0 Å². The lowest BCUT2D eigenvalue weighted by Gasteiger charge is -2.07. The number of benzene rings is 1. The molecule has 1 atom stereocenters. The zero-order valence-electron chi connectivity index (χ0n) is 8.51. The molecule has 0 bridgehead atoms. The molecule has 1 aromatic rings. The highest BCUT2D eigenvalue weighted by Crippen LogP contribution is 2.38. The van der Waals surface area contributed by atoms with E-state index in [0.29, 0.717) is 0 Å². The molecule has 1 aliphatic rings. The quantitative estimate of drug-likeness (QED) is 0.567. The summed E-state index contributed by atoms with van der Waals surface area (Å²) in [6.45, 7) is 4.49. The molecule has 0 heterocycles. The number of rotatable bonds is 1. The third-order valence-corrected chi connectivity index (χ3v) is 3.10. The Balaban J connectivity index is 2.20. The van der Waals surface area contributed by atoms with Gasteiger partial charge in [0, 0.05) is 30.4 Å². The lowest BCUT2D eigenvalue weighted by molar-refractivity contribution is 0.657. The first kappa shape index (κ1) is 8.68. The fraction of sp³-hybridized carbons (Fsp3) is 0.462. The largest absolute Gasteiger partial charge is 0.132 e. The van der Waals surface area contributed by atoms with Crippen LogP contribution >= 0.6 is 0 Å². The highest BCUT2D eigenvalue weighted by molar-refractivity contribution is 5.35. The minimum absolute atomic E-state index is 0.808. The average molecular weight is 173 g/mol. The third-order valence-electron chi connectivity index (χ3n) is 3.10. The second kappa shape index (κ2) is 3.45. The summed E-state index contributed by atoms with van der Waals surface area (Å²) in [5.41, 5.74) is 2.82. The Hall–Kier alpha value is -0.910. The summed E-state index contributed by atoms with van der Waals surface area (Å²) in [6.07, 6.45) is 4.07. The van der Waals surface area contributed by atoms with Crippen molar-refractivity contribution in [3.05, 3.63) is 41.3 Å². The molecule has 0 nitrogen and oxygen atoms in total. The summed E-state index contributed by atoms with van der Waals surface area (Å²) in [4.78, 5) is 0. The Labute approximate surface area is 81.0 Å². The molecular formula is C13H17+. The normalized spacial score (nSPS) is 22.3. The maximum atomic E-state index is 2.35. The topological polar surface area (TPSA) is 0 Å². The van der Waals surface area contributed by atoms with Crippen LogP contribution in [0.1, 0.15) is 37.3 Å². The lowest BCUT2D eigenvalue weighted by Crippen LogP contribution is -2.02. The molecule has 0 N–H and O–H groups in total. The van der Waals surface area contributed by atoms with Gasteiger partial charge in [-0.25, -0.2) is 0 Å². The second-order valence-electron chi connectivity index (χ2n) is 4.18. The van der Waals surface area contributed by atoms with Gasteiger partial charge in [-0.05, 0) is 44.4 Å². The Morgan fingerprint density at radius 2 is 1.92 bits per heavy atom. The molecule has 0 aliphatic heterocycles. The first-order valence-corrected chi connectivity index (χ1v) is 5.20. The van der Waals surface area contributed by atoms with E-state index in [-0.39, 0.29) is 0 Å². The van der Waals surface area contributed by atoms with E-state index in [0.717, 1.165) is 5.92 Å². The Morgan fingerprint density at radius 1 is 1.23 bits per heavy atom. The van der Waals surface area contributed by atoms with Gasteiger partial charge in [0.1, 0.15) is 5.56 Å². The fourth-order valence-electron chi connectivity index (χ4n) is 2.22. The molecule has 0 heteroatoms. The maximum Gasteiger partial charge on any atom is 0.132 e. The van der Waals surface area contributed by atoms with E-state index in [9.17, 15) is 0 Å². The third kappa shape index (κ3) is 1.72. The number of hydrogen-bond donors (Lipinski definition) is 0. The summed E-state index contributed by atoms with van der Waals surface area (Å²) in [7, 11) is 0. The molecule has 1 aliphatic carbocycles. The zero-order valence-corrected chi connectivity index (χ0v) is 8.51. The van der Waals surface area contributed by atoms with Crippen molar-refractivity contribution in [2.75, 3.05) is 0 Å². The molecule has 1 saturated carbocycles. The molecule has 0 aromatic heterocycles. The molecule has 13 heavy (non-hydrogen) atoms. The molecular weight excluding hydrogens is 156 g/mol. The van der Waals surface area contributed by atoms with Crippen LogP contribution in [0.25, 0.3) is 0 Å². The smallest absolute Gasteiger partial charge is 0.0469 e. The number of aryl methyl sites for hydroxylation is 1. The predicted molar refractivity (Wildman–Crippen MR) is 56.5 cm³/mol. The summed E-state index contributed by atoms with van der Waals surface area (Å²) in [6, 6.07) is 8.97. The molecule has 0 saturated heterocycles. The summed E-state index contributed by atoms with van der Waals surface area (Å²) in [5.74, 6) is 2.47. The molecule has 0 spiro atoms. The Morgan fingerprint density at radius 3 is 2.46 bits per heavy atom. The van der Waals surface area contributed by atoms with Crippen molar-refractivity contribution >= 4 is 0 Å². The highest BCUT2D eigenvalue weighted by Gasteiger charge is 2.30. The standard InChI is InChI=1S/C13H17/c1-10-6-8-12(9-7-10)13-5-3-4-11(13)2/h6-9,11H,3-5H2,1-2H3/q+1. The van der Waals surface area contributed by atoms with Crippen molar-refractivity contribution in [2.24, 2.45) is 5.92 Å². The fourth-order valence-corrected chi connectivity index (χ4v) is 2.22.